The van der Waals surface area contributed by atoms with Crippen molar-refractivity contribution in [3.05, 3.63) is 54.1 Å². The van der Waals surface area contributed by atoms with E-state index in [1.54, 1.807) is 60.4 Å². The van der Waals surface area contributed by atoms with Crippen molar-refractivity contribution in [1.82, 2.24) is 9.21 Å². The number of rotatable bonds is 8. The molecule has 1 fully saturated rings. The summed E-state index contributed by atoms with van der Waals surface area (Å²) in [7, 11) is -2.24. The summed E-state index contributed by atoms with van der Waals surface area (Å²) in [4.78, 5) is 27.4. The molecule has 10 heteroatoms. The quantitative estimate of drug-likeness (QED) is 0.543. The molecule has 9 nitrogen and oxygen atoms in total. The van der Waals surface area contributed by atoms with Crippen LogP contribution < -0.4 is 10.1 Å². The van der Waals surface area contributed by atoms with Crippen LogP contribution in [0.3, 0.4) is 0 Å². The van der Waals surface area contributed by atoms with Crippen LogP contribution >= 0.6 is 0 Å². The first-order valence-electron chi connectivity index (χ1n) is 12.6. The van der Waals surface area contributed by atoms with Gasteiger partial charge in [-0.15, -0.1) is 0 Å². The molecule has 2 N–H and O–H groups in total. The number of aliphatic hydroxyl groups is 1. The molecule has 0 radical (unpaired) electrons. The zero-order valence-electron chi connectivity index (χ0n) is 21.5. The van der Waals surface area contributed by atoms with E-state index >= 15 is 0 Å². The average molecular weight is 530 g/mol. The highest BCUT2D eigenvalue weighted by Gasteiger charge is 2.34. The lowest BCUT2D eigenvalue weighted by Gasteiger charge is -2.33. The highest BCUT2D eigenvalue weighted by atomic mass is 32.2. The highest BCUT2D eigenvalue weighted by Crippen LogP contribution is 2.32. The van der Waals surface area contributed by atoms with Crippen molar-refractivity contribution >= 4 is 27.5 Å². The SMILES string of the molecule is C[C@@H]1CN([C@H](C)CO)C(=O)Cc2cc(NC(=O)C3CC3)ccc2O[C@@H]1CN(C)S(=O)(=O)c1ccccc1. The fourth-order valence-electron chi connectivity index (χ4n) is 4.44. The van der Waals surface area contributed by atoms with Gasteiger partial charge in [-0.1, -0.05) is 25.1 Å². The van der Waals surface area contributed by atoms with Gasteiger partial charge in [0, 0.05) is 36.7 Å². The van der Waals surface area contributed by atoms with Crippen molar-refractivity contribution < 1.29 is 27.9 Å². The summed E-state index contributed by atoms with van der Waals surface area (Å²) in [6, 6.07) is 13.0. The smallest absolute Gasteiger partial charge is 0.242 e. The summed E-state index contributed by atoms with van der Waals surface area (Å²) in [6.45, 7) is 3.85. The second-order valence-corrected chi connectivity index (χ2v) is 12.1. The van der Waals surface area contributed by atoms with E-state index in [9.17, 15) is 23.1 Å². The number of benzene rings is 2. The lowest BCUT2D eigenvalue weighted by molar-refractivity contribution is -0.134. The van der Waals surface area contributed by atoms with Crippen LogP contribution in [0.15, 0.2) is 53.4 Å². The first kappa shape index (κ1) is 27.1. The number of sulfonamides is 1. The number of anilines is 1. The molecule has 2 aliphatic rings. The number of ether oxygens (including phenoxy) is 1. The summed E-state index contributed by atoms with van der Waals surface area (Å²) in [5.74, 6) is 0.0568. The Kier molecular flexibility index (Phi) is 8.20. The molecule has 1 heterocycles. The number of nitrogens with zero attached hydrogens (tertiary/aromatic N) is 2. The lowest BCUT2D eigenvalue weighted by Crippen LogP contribution is -2.48. The van der Waals surface area contributed by atoms with E-state index in [0.29, 0.717) is 23.5 Å². The summed E-state index contributed by atoms with van der Waals surface area (Å²) in [5.41, 5.74) is 1.18. The minimum absolute atomic E-state index is 0.0321. The van der Waals surface area contributed by atoms with Crippen molar-refractivity contribution in [3.8, 4) is 5.75 Å². The number of fused-ring (bicyclic) bond motifs is 1. The fraction of sp³-hybridized carbons (Fsp3) is 0.481. The Hall–Kier alpha value is -2.95. The molecular weight excluding hydrogens is 494 g/mol. The zero-order chi connectivity index (χ0) is 26.7. The lowest BCUT2D eigenvalue weighted by atomic mass is 10.0. The standard InChI is InChI=1S/C27H35N3O6S/c1-18-15-30(19(2)17-31)26(32)14-21-13-22(28-27(33)20-9-10-20)11-12-24(21)36-25(18)16-29(3)37(34,35)23-7-5-4-6-8-23/h4-8,11-13,18-20,25,31H,9-10,14-17H2,1-3H3,(H,28,33)/t18-,19-,25-/m1/s1. The van der Waals surface area contributed by atoms with E-state index in [4.69, 9.17) is 4.74 Å². The van der Waals surface area contributed by atoms with Gasteiger partial charge in [-0.05, 0) is 50.1 Å². The summed E-state index contributed by atoms with van der Waals surface area (Å²) >= 11 is 0. The number of likely N-dealkylation sites (N-methyl/N-ethyl adjacent to an activating group) is 1. The number of amides is 2. The molecule has 0 spiro atoms. The van der Waals surface area contributed by atoms with Crippen molar-refractivity contribution in [1.29, 1.82) is 0 Å². The largest absolute Gasteiger partial charge is 0.488 e. The van der Waals surface area contributed by atoms with E-state index in [1.165, 1.54) is 11.4 Å². The monoisotopic (exact) mass is 529 g/mol. The van der Waals surface area contributed by atoms with E-state index in [2.05, 4.69) is 5.32 Å². The van der Waals surface area contributed by atoms with E-state index < -0.39 is 22.2 Å². The molecule has 0 unspecified atom stereocenters. The number of carbonyl (C=O) groups excluding carboxylic acids is 2. The Morgan fingerprint density at radius 3 is 2.57 bits per heavy atom. The maximum atomic E-state index is 13.3. The number of hydrogen-bond acceptors (Lipinski definition) is 6. The number of aliphatic hydroxyl groups excluding tert-OH is 1. The fourth-order valence-corrected chi connectivity index (χ4v) is 5.64. The van der Waals surface area contributed by atoms with Gasteiger partial charge < -0.3 is 20.1 Å². The molecule has 200 valence electrons. The first-order valence-corrected chi connectivity index (χ1v) is 14.1. The zero-order valence-corrected chi connectivity index (χ0v) is 22.3. The molecule has 4 rings (SSSR count). The van der Waals surface area contributed by atoms with Crippen LogP contribution in [0.1, 0.15) is 32.3 Å². The number of carbonyl (C=O) groups is 2. The van der Waals surface area contributed by atoms with E-state index in [-0.39, 0.29) is 48.1 Å². The molecule has 2 aromatic carbocycles. The van der Waals surface area contributed by atoms with Gasteiger partial charge in [-0.25, -0.2) is 8.42 Å². The Morgan fingerprint density at radius 2 is 1.92 bits per heavy atom. The third-order valence-electron chi connectivity index (χ3n) is 7.02. The Bertz CT molecular complexity index is 1230. The Labute approximate surface area is 218 Å². The van der Waals surface area contributed by atoms with Crippen LogP contribution in [-0.2, 0) is 26.0 Å². The molecule has 1 aliphatic carbocycles. The Morgan fingerprint density at radius 1 is 1.22 bits per heavy atom. The van der Waals surface area contributed by atoms with Crippen LogP contribution in [0.5, 0.6) is 5.75 Å². The van der Waals surface area contributed by atoms with Gasteiger partial charge in [0.1, 0.15) is 11.9 Å². The first-order chi connectivity index (χ1) is 17.6. The number of hydrogen-bond donors (Lipinski definition) is 2. The normalized spacial score (nSPS) is 21.3. The molecule has 2 amide bonds. The summed E-state index contributed by atoms with van der Waals surface area (Å²) < 4.78 is 34.1. The molecule has 0 bridgehead atoms. The van der Waals surface area contributed by atoms with Gasteiger partial charge in [0.05, 0.1) is 30.5 Å². The van der Waals surface area contributed by atoms with Crippen molar-refractivity contribution in [2.45, 2.75) is 50.2 Å². The van der Waals surface area contributed by atoms with Gasteiger partial charge in [-0.2, -0.15) is 4.31 Å². The predicted molar refractivity (Wildman–Crippen MR) is 140 cm³/mol. The minimum Gasteiger partial charge on any atom is -0.488 e. The van der Waals surface area contributed by atoms with Gasteiger partial charge in [0.25, 0.3) is 0 Å². The molecule has 0 aromatic heterocycles. The maximum Gasteiger partial charge on any atom is 0.242 e. The summed E-state index contributed by atoms with van der Waals surface area (Å²) in [5, 5.41) is 12.7. The van der Waals surface area contributed by atoms with Crippen molar-refractivity contribution in [3.63, 3.8) is 0 Å². The van der Waals surface area contributed by atoms with Gasteiger partial charge >= 0.3 is 0 Å². The topological polar surface area (TPSA) is 116 Å². The van der Waals surface area contributed by atoms with E-state index in [1.807, 2.05) is 6.92 Å². The molecule has 0 saturated heterocycles. The van der Waals surface area contributed by atoms with Crippen molar-refractivity contribution in [2.24, 2.45) is 11.8 Å². The van der Waals surface area contributed by atoms with Crippen LogP contribution in [-0.4, -0.2) is 73.4 Å². The maximum absolute atomic E-state index is 13.3. The summed E-state index contributed by atoms with van der Waals surface area (Å²) in [6.07, 6.45) is 1.22. The van der Waals surface area contributed by atoms with Gasteiger partial charge in [-0.3, -0.25) is 9.59 Å². The van der Waals surface area contributed by atoms with Crippen LogP contribution in [0.4, 0.5) is 5.69 Å². The molecular formula is C27H35N3O6S. The highest BCUT2D eigenvalue weighted by molar-refractivity contribution is 7.89. The minimum atomic E-state index is -3.75. The number of nitrogens with one attached hydrogen (secondary N) is 1. The van der Waals surface area contributed by atoms with Gasteiger partial charge in [0.2, 0.25) is 21.8 Å². The Balaban J connectivity index is 1.65. The second kappa shape index (κ2) is 11.2. The average Bonchev–Trinajstić information content (AvgIpc) is 3.73. The third kappa shape index (κ3) is 6.31. The molecule has 1 aliphatic heterocycles. The van der Waals surface area contributed by atoms with Crippen LogP contribution in [0.25, 0.3) is 0 Å². The van der Waals surface area contributed by atoms with Crippen LogP contribution in [0.2, 0.25) is 0 Å². The molecule has 1 saturated carbocycles. The molecule has 37 heavy (non-hydrogen) atoms. The molecule has 3 atom stereocenters. The van der Waals surface area contributed by atoms with Crippen molar-refractivity contribution in [2.75, 3.05) is 32.1 Å². The van der Waals surface area contributed by atoms with Crippen LogP contribution in [0, 0.1) is 11.8 Å². The third-order valence-corrected chi connectivity index (χ3v) is 8.86. The second-order valence-electron chi connectivity index (χ2n) is 10.1. The van der Waals surface area contributed by atoms with Gasteiger partial charge in [0.15, 0.2) is 0 Å². The van der Waals surface area contributed by atoms with E-state index in [0.717, 1.165) is 12.8 Å². The predicted octanol–water partition coefficient (Wildman–Crippen LogP) is 2.50. The molecule has 2 aromatic rings.